The monoisotopic (exact) mass is 425 g/mol. The second-order valence-electron chi connectivity index (χ2n) is 7.88. The summed E-state index contributed by atoms with van der Waals surface area (Å²) in [6.45, 7) is -1.83. The number of halogens is 4. The van der Waals surface area contributed by atoms with Gasteiger partial charge in [0.2, 0.25) is 0 Å². The fourth-order valence-electron chi connectivity index (χ4n) is 4.05. The molecule has 160 valence electrons. The predicted octanol–water partition coefficient (Wildman–Crippen LogP) is 2.90. The van der Waals surface area contributed by atoms with Gasteiger partial charge in [-0.3, -0.25) is 0 Å². The molecule has 1 saturated carbocycles. The van der Waals surface area contributed by atoms with Crippen LogP contribution in [0.1, 0.15) is 18.7 Å². The van der Waals surface area contributed by atoms with Crippen LogP contribution in [-0.2, 0) is 11.2 Å². The van der Waals surface area contributed by atoms with E-state index in [-0.39, 0.29) is 42.4 Å². The highest BCUT2D eigenvalue weighted by molar-refractivity contribution is 5.67. The Labute approximate surface area is 169 Å². The highest BCUT2D eigenvalue weighted by atomic mass is 19.3. The molecule has 2 aromatic rings. The fourth-order valence-corrected chi connectivity index (χ4v) is 4.05. The molecule has 2 saturated heterocycles. The minimum Gasteiger partial charge on any atom is -0.431 e. The van der Waals surface area contributed by atoms with E-state index < -0.39 is 18.5 Å². The van der Waals surface area contributed by atoms with E-state index in [1.165, 1.54) is 12.3 Å². The molecule has 2 aliphatic heterocycles. The Morgan fingerprint density at radius 1 is 1.30 bits per heavy atom. The van der Waals surface area contributed by atoms with E-state index in [4.69, 9.17) is 10.5 Å². The molecule has 0 amide bonds. The Morgan fingerprint density at radius 3 is 2.73 bits per heavy atom. The summed E-state index contributed by atoms with van der Waals surface area (Å²) in [5, 5.41) is 0. The van der Waals surface area contributed by atoms with Crippen molar-refractivity contribution in [1.29, 1.82) is 0 Å². The standard InChI is InChI=1S/C19H19F4N5O2/c20-18(21)30-14-1-9(6-25-17(14)24)13-4-16(28-7-12-3-11(28)8-29-12)27-15(26-13)2-10-5-19(10,22)23/h1,4,6,10-12,18H,2-3,5,7-8H2,(H2,24,25). The van der Waals surface area contributed by atoms with Crippen molar-refractivity contribution in [2.24, 2.45) is 5.92 Å². The Balaban J connectivity index is 1.51. The van der Waals surface area contributed by atoms with Crippen LogP contribution in [0.2, 0.25) is 0 Å². The minimum atomic E-state index is -3.06. The number of alkyl halides is 4. The molecule has 0 aromatic carbocycles. The second kappa shape index (κ2) is 6.93. The molecule has 3 aliphatic rings. The largest absolute Gasteiger partial charge is 0.431 e. The van der Waals surface area contributed by atoms with Crippen LogP contribution in [0, 0.1) is 5.92 Å². The van der Waals surface area contributed by atoms with Crippen LogP contribution in [-0.4, -0.2) is 52.8 Å². The van der Waals surface area contributed by atoms with E-state index in [0.717, 1.165) is 6.42 Å². The zero-order chi connectivity index (χ0) is 21.0. The van der Waals surface area contributed by atoms with E-state index in [0.29, 0.717) is 30.2 Å². The van der Waals surface area contributed by atoms with Crippen molar-refractivity contribution in [2.75, 3.05) is 23.8 Å². The number of ether oxygens (including phenoxy) is 2. The van der Waals surface area contributed by atoms with Gasteiger partial charge in [0.1, 0.15) is 11.6 Å². The first kappa shape index (κ1) is 19.3. The lowest BCUT2D eigenvalue weighted by atomic mass is 10.1. The number of hydrogen-bond donors (Lipinski definition) is 1. The van der Waals surface area contributed by atoms with Gasteiger partial charge in [-0.05, 0) is 12.5 Å². The lowest BCUT2D eigenvalue weighted by Gasteiger charge is -2.28. The van der Waals surface area contributed by atoms with Gasteiger partial charge < -0.3 is 20.1 Å². The van der Waals surface area contributed by atoms with E-state index in [2.05, 4.69) is 24.6 Å². The Bertz CT molecular complexity index is 976. The summed E-state index contributed by atoms with van der Waals surface area (Å²) in [4.78, 5) is 14.9. The van der Waals surface area contributed by atoms with Gasteiger partial charge in [-0.2, -0.15) is 8.78 Å². The molecule has 2 N–H and O–H groups in total. The maximum atomic E-state index is 13.5. The molecule has 3 atom stereocenters. The second-order valence-corrected chi connectivity index (χ2v) is 7.88. The van der Waals surface area contributed by atoms with E-state index in [1.807, 2.05) is 0 Å². The van der Waals surface area contributed by atoms with Crippen molar-refractivity contribution in [3.05, 3.63) is 24.2 Å². The van der Waals surface area contributed by atoms with Gasteiger partial charge in [0.25, 0.3) is 5.92 Å². The summed E-state index contributed by atoms with van der Waals surface area (Å²) in [5.41, 5.74) is 6.38. The molecule has 1 aliphatic carbocycles. The van der Waals surface area contributed by atoms with Gasteiger partial charge in [0.15, 0.2) is 11.6 Å². The Morgan fingerprint density at radius 2 is 2.10 bits per heavy atom. The smallest absolute Gasteiger partial charge is 0.387 e. The lowest BCUT2D eigenvalue weighted by Crippen LogP contribution is -2.37. The molecule has 3 fully saturated rings. The molecule has 30 heavy (non-hydrogen) atoms. The Kier molecular flexibility index (Phi) is 4.46. The number of nitrogens with zero attached hydrogens (tertiary/aromatic N) is 4. The first-order valence-corrected chi connectivity index (χ1v) is 9.63. The molecule has 7 nitrogen and oxygen atoms in total. The lowest BCUT2D eigenvalue weighted by molar-refractivity contribution is -0.0494. The number of hydrogen-bond acceptors (Lipinski definition) is 7. The molecule has 0 spiro atoms. The van der Waals surface area contributed by atoms with Crippen molar-refractivity contribution in [3.63, 3.8) is 0 Å². The van der Waals surface area contributed by atoms with E-state index in [1.54, 1.807) is 6.07 Å². The van der Waals surface area contributed by atoms with Crippen LogP contribution in [0.4, 0.5) is 29.2 Å². The number of fused-ring (bicyclic) bond motifs is 2. The van der Waals surface area contributed by atoms with Crippen molar-refractivity contribution in [3.8, 4) is 17.0 Å². The summed E-state index contributed by atoms with van der Waals surface area (Å²) in [7, 11) is 0. The predicted molar refractivity (Wildman–Crippen MR) is 98.6 cm³/mol. The third-order valence-corrected chi connectivity index (χ3v) is 5.73. The maximum absolute atomic E-state index is 13.5. The van der Waals surface area contributed by atoms with Crippen molar-refractivity contribution < 1.29 is 27.0 Å². The Hall–Kier alpha value is -2.69. The van der Waals surface area contributed by atoms with Crippen molar-refractivity contribution >= 4 is 11.6 Å². The summed E-state index contributed by atoms with van der Waals surface area (Å²) >= 11 is 0. The zero-order valence-electron chi connectivity index (χ0n) is 15.8. The van der Waals surface area contributed by atoms with Crippen LogP contribution in [0.5, 0.6) is 5.75 Å². The quantitative estimate of drug-likeness (QED) is 0.713. The number of morpholine rings is 1. The number of nitrogen functional groups attached to an aromatic ring is 1. The van der Waals surface area contributed by atoms with Gasteiger partial charge >= 0.3 is 6.61 Å². The number of anilines is 2. The van der Waals surface area contributed by atoms with Crippen LogP contribution >= 0.6 is 0 Å². The zero-order valence-corrected chi connectivity index (χ0v) is 15.8. The number of nitrogens with two attached hydrogens (primary N) is 1. The third kappa shape index (κ3) is 3.62. The number of pyridine rings is 1. The van der Waals surface area contributed by atoms with Gasteiger partial charge in [0.05, 0.1) is 24.4 Å². The maximum Gasteiger partial charge on any atom is 0.387 e. The average Bonchev–Trinajstić information content (AvgIpc) is 3.06. The average molecular weight is 425 g/mol. The first-order chi connectivity index (χ1) is 14.3. The summed E-state index contributed by atoms with van der Waals surface area (Å²) in [5.74, 6) is -3.06. The molecule has 3 unspecified atom stereocenters. The molecule has 5 rings (SSSR count). The summed E-state index contributed by atoms with van der Waals surface area (Å²) in [6, 6.07) is 3.18. The van der Waals surface area contributed by atoms with Crippen molar-refractivity contribution in [2.45, 2.75) is 43.9 Å². The highest BCUT2D eigenvalue weighted by Crippen LogP contribution is 2.50. The van der Waals surface area contributed by atoms with Crippen LogP contribution in [0.3, 0.4) is 0 Å². The van der Waals surface area contributed by atoms with Gasteiger partial charge in [-0.25, -0.2) is 23.7 Å². The fraction of sp³-hybridized carbons (Fsp3) is 0.526. The highest BCUT2D eigenvalue weighted by Gasteiger charge is 2.56. The number of rotatable bonds is 6. The molecule has 2 aromatic heterocycles. The SMILES string of the molecule is Nc1ncc(-c2cc(N3CC4CC3CO4)nc(CC3CC3(F)F)n2)cc1OC(F)F. The molecule has 4 heterocycles. The molecular formula is C19H19F4N5O2. The number of aromatic nitrogens is 3. The third-order valence-electron chi connectivity index (χ3n) is 5.73. The summed E-state index contributed by atoms with van der Waals surface area (Å²) in [6.07, 6.45) is 2.23. The van der Waals surface area contributed by atoms with Crippen molar-refractivity contribution in [1.82, 2.24) is 15.0 Å². The van der Waals surface area contributed by atoms with Gasteiger partial charge in [-0.1, -0.05) is 0 Å². The molecule has 2 bridgehead atoms. The topological polar surface area (TPSA) is 86.4 Å². The molecular weight excluding hydrogens is 406 g/mol. The van der Waals surface area contributed by atoms with Gasteiger partial charge in [-0.15, -0.1) is 0 Å². The normalized spacial score (nSPS) is 26.4. The molecule has 0 radical (unpaired) electrons. The van der Waals surface area contributed by atoms with Gasteiger partial charge in [0, 0.05) is 43.1 Å². The molecule has 11 heteroatoms. The van der Waals surface area contributed by atoms with E-state index >= 15 is 0 Å². The van der Waals surface area contributed by atoms with E-state index in [9.17, 15) is 17.6 Å². The van der Waals surface area contributed by atoms with Crippen LogP contribution < -0.4 is 15.4 Å². The minimum absolute atomic E-state index is 0.0368. The van der Waals surface area contributed by atoms with Crippen LogP contribution in [0.25, 0.3) is 11.3 Å². The first-order valence-electron chi connectivity index (χ1n) is 9.63. The van der Waals surface area contributed by atoms with Crippen LogP contribution in [0.15, 0.2) is 18.3 Å². The summed E-state index contributed by atoms with van der Waals surface area (Å²) < 4.78 is 62.3.